The first kappa shape index (κ1) is 17.6. The molecular formula is C22H30O. The predicted molar refractivity (Wildman–Crippen MR) is 99.7 cm³/mol. The number of methoxy groups -OCH3 is 1. The second-order valence-corrected chi connectivity index (χ2v) is 7.19. The lowest BCUT2D eigenvalue weighted by molar-refractivity contribution is 0.404. The Bertz CT molecular complexity index is 648. The maximum Gasteiger partial charge on any atom is 0.125 e. The first-order chi connectivity index (χ1) is 10.9. The zero-order chi connectivity index (χ0) is 17.0. The summed E-state index contributed by atoms with van der Waals surface area (Å²) < 4.78 is 5.85. The van der Waals surface area contributed by atoms with E-state index in [9.17, 15) is 0 Å². The van der Waals surface area contributed by atoms with Crippen LogP contribution in [0.3, 0.4) is 0 Å². The second kappa shape index (κ2) is 7.21. The van der Waals surface area contributed by atoms with E-state index >= 15 is 0 Å². The van der Waals surface area contributed by atoms with Gasteiger partial charge in [0, 0.05) is 6.42 Å². The van der Waals surface area contributed by atoms with Crippen LogP contribution >= 0.6 is 0 Å². The maximum absolute atomic E-state index is 5.85. The maximum atomic E-state index is 5.85. The molecule has 0 aromatic heterocycles. The molecule has 0 bridgehead atoms. The van der Waals surface area contributed by atoms with Crippen LogP contribution in [-0.4, -0.2) is 7.11 Å². The Morgan fingerprint density at radius 1 is 0.913 bits per heavy atom. The highest BCUT2D eigenvalue weighted by atomic mass is 16.5. The fourth-order valence-electron chi connectivity index (χ4n) is 3.47. The average molecular weight is 310 g/mol. The van der Waals surface area contributed by atoms with Crippen LogP contribution in [0.5, 0.6) is 5.75 Å². The van der Waals surface area contributed by atoms with Gasteiger partial charge in [0.25, 0.3) is 0 Å². The van der Waals surface area contributed by atoms with Gasteiger partial charge in [-0.3, -0.25) is 0 Å². The van der Waals surface area contributed by atoms with E-state index in [-0.39, 0.29) is 5.41 Å². The molecule has 0 unspecified atom stereocenters. The van der Waals surface area contributed by atoms with Crippen molar-refractivity contribution in [3.8, 4) is 5.75 Å². The first-order valence-electron chi connectivity index (χ1n) is 8.68. The quantitative estimate of drug-likeness (QED) is 0.687. The van der Waals surface area contributed by atoms with Crippen molar-refractivity contribution in [1.82, 2.24) is 0 Å². The van der Waals surface area contributed by atoms with E-state index in [0.717, 1.165) is 25.0 Å². The molecule has 0 heterocycles. The summed E-state index contributed by atoms with van der Waals surface area (Å²) in [6.07, 6.45) is 2.99. The normalized spacial score (nSPS) is 11.6. The molecule has 2 aromatic carbocycles. The molecule has 0 atom stereocenters. The predicted octanol–water partition coefficient (Wildman–Crippen LogP) is 5.71. The molecule has 0 fully saturated rings. The van der Waals surface area contributed by atoms with E-state index in [1.54, 1.807) is 7.11 Å². The molecule has 0 N–H and O–H groups in total. The highest BCUT2D eigenvalue weighted by Crippen LogP contribution is 2.37. The fraction of sp³-hybridized carbons (Fsp3) is 0.455. The summed E-state index contributed by atoms with van der Waals surface area (Å²) in [4.78, 5) is 0. The minimum atomic E-state index is 0.146. The largest absolute Gasteiger partial charge is 0.496 e. The van der Waals surface area contributed by atoms with Crippen LogP contribution in [-0.2, 0) is 24.7 Å². The molecule has 0 saturated carbocycles. The minimum Gasteiger partial charge on any atom is -0.496 e. The SMILES string of the molecule is CCc1c(C(C)(C)C)cc(Cc2ccccc2)c(OC)c1CC. The van der Waals surface area contributed by atoms with E-state index in [0.29, 0.717) is 0 Å². The molecule has 0 amide bonds. The van der Waals surface area contributed by atoms with Gasteiger partial charge in [0.2, 0.25) is 0 Å². The van der Waals surface area contributed by atoms with Gasteiger partial charge in [-0.05, 0) is 46.1 Å². The van der Waals surface area contributed by atoms with Crippen molar-refractivity contribution in [3.05, 3.63) is 64.2 Å². The van der Waals surface area contributed by atoms with Gasteiger partial charge >= 0.3 is 0 Å². The summed E-state index contributed by atoms with van der Waals surface area (Å²) >= 11 is 0. The van der Waals surface area contributed by atoms with Gasteiger partial charge in [0.15, 0.2) is 0 Å². The van der Waals surface area contributed by atoms with Crippen molar-refractivity contribution in [2.45, 2.75) is 59.3 Å². The van der Waals surface area contributed by atoms with Crippen LogP contribution < -0.4 is 4.74 Å². The Morgan fingerprint density at radius 3 is 2.00 bits per heavy atom. The lowest BCUT2D eigenvalue weighted by Gasteiger charge is -2.28. The van der Waals surface area contributed by atoms with E-state index in [2.05, 4.69) is 71.0 Å². The third-order valence-electron chi connectivity index (χ3n) is 4.53. The molecule has 23 heavy (non-hydrogen) atoms. The summed E-state index contributed by atoms with van der Waals surface area (Å²) in [6.45, 7) is 11.4. The summed E-state index contributed by atoms with van der Waals surface area (Å²) in [5.74, 6) is 1.08. The number of hydrogen-bond acceptors (Lipinski definition) is 1. The number of ether oxygens (including phenoxy) is 1. The highest BCUT2D eigenvalue weighted by Gasteiger charge is 2.23. The van der Waals surface area contributed by atoms with Crippen molar-refractivity contribution in [2.75, 3.05) is 7.11 Å². The Balaban J connectivity index is 2.65. The molecule has 0 saturated heterocycles. The van der Waals surface area contributed by atoms with Crippen molar-refractivity contribution in [2.24, 2.45) is 0 Å². The third kappa shape index (κ3) is 3.77. The van der Waals surface area contributed by atoms with Gasteiger partial charge in [-0.15, -0.1) is 0 Å². The minimum absolute atomic E-state index is 0.146. The number of benzene rings is 2. The van der Waals surface area contributed by atoms with Crippen LogP contribution in [0.4, 0.5) is 0 Å². The Kier molecular flexibility index (Phi) is 5.51. The lowest BCUT2D eigenvalue weighted by atomic mass is 9.78. The van der Waals surface area contributed by atoms with Crippen LogP contribution in [0, 0.1) is 0 Å². The summed E-state index contributed by atoms with van der Waals surface area (Å²) in [5.41, 5.74) is 7.09. The Morgan fingerprint density at radius 2 is 1.52 bits per heavy atom. The second-order valence-electron chi connectivity index (χ2n) is 7.19. The van der Waals surface area contributed by atoms with Crippen LogP contribution in [0.25, 0.3) is 0 Å². The zero-order valence-electron chi connectivity index (χ0n) is 15.5. The van der Waals surface area contributed by atoms with Gasteiger partial charge < -0.3 is 4.74 Å². The van der Waals surface area contributed by atoms with E-state index < -0.39 is 0 Å². The monoisotopic (exact) mass is 310 g/mol. The molecule has 1 nitrogen and oxygen atoms in total. The van der Waals surface area contributed by atoms with Crippen molar-refractivity contribution in [1.29, 1.82) is 0 Å². The zero-order valence-corrected chi connectivity index (χ0v) is 15.5. The standard InChI is InChI=1S/C22H30O/c1-7-18-19(8-2)21(23-6)17(15-20(18)22(3,4)5)14-16-12-10-9-11-13-16/h9-13,15H,7-8,14H2,1-6H3. The summed E-state index contributed by atoms with van der Waals surface area (Å²) in [7, 11) is 1.80. The van der Waals surface area contributed by atoms with Gasteiger partial charge in [-0.2, -0.15) is 0 Å². The molecule has 0 radical (unpaired) electrons. The summed E-state index contributed by atoms with van der Waals surface area (Å²) in [6, 6.07) is 13.0. The molecule has 124 valence electrons. The van der Waals surface area contributed by atoms with Crippen molar-refractivity contribution >= 4 is 0 Å². The molecule has 1 heteroatoms. The molecule has 2 aromatic rings. The molecule has 0 aliphatic rings. The van der Waals surface area contributed by atoms with E-state index in [4.69, 9.17) is 4.74 Å². The van der Waals surface area contributed by atoms with Crippen LogP contribution in [0.1, 0.15) is 62.4 Å². The molecule has 0 spiro atoms. The Hall–Kier alpha value is -1.76. The lowest BCUT2D eigenvalue weighted by Crippen LogP contribution is -2.17. The van der Waals surface area contributed by atoms with Gasteiger partial charge in [-0.25, -0.2) is 0 Å². The number of rotatable bonds is 5. The van der Waals surface area contributed by atoms with Gasteiger partial charge in [0.1, 0.15) is 5.75 Å². The molecule has 0 aliphatic heterocycles. The smallest absolute Gasteiger partial charge is 0.125 e. The van der Waals surface area contributed by atoms with E-state index in [1.807, 2.05) is 0 Å². The third-order valence-corrected chi connectivity index (χ3v) is 4.53. The topological polar surface area (TPSA) is 9.23 Å². The number of hydrogen-bond donors (Lipinski definition) is 0. The Labute approximate surface area is 141 Å². The van der Waals surface area contributed by atoms with Crippen molar-refractivity contribution in [3.63, 3.8) is 0 Å². The molecule has 2 rings (SSSR count). The van der Waals surface area contributed by atoms with Crippen LogP contribution in [0.2, 0.25) is 0 Å². The van der Waals surface area contributed by atoms with Crippen LogP contribution in [0.15, 0.2) is 36.4 Å². The first-order valence-corrected chi connectivity index (χ1v) is 8.68. The van der Waals surface area contributed by atoms with Crippen molar-refractivity contribution < 1.29 is 4.74 Å². The van der Waals surface area contributed by atoms with Gasteiger partial charge in [0.05, 0.1) is 7.11 Å². The van der Waals surface area contributed by atoms with Gasteiger partial charge in [-0.1, -0.05) is 71.0 Å². The molecule has 0 aliphatic carbocycles. The fourth-order valence-corrected chi connectivity index (χ4v) is 3.47. The molecular weight excluding hydrogens is 280 g/mol. The summed E-state index contributed by atoms with van der Waals surface area (Å²) in [5, 5.41) is 0. The van der Waals surface area contributed by atoms with E-state index in [1.165, 1.54) is 27.8 Å². The average Bonchev–Trinajstić information content (AvgIpc) is 2.53. The highest BCUT2D eigenvalue weighted by molar-refractivity contribution is 5.54.